The van der Waals surface area contributed by atoms with Crippen LogP contribution in [0.2, 0.25) is 0 Å². The molecular formula is C15H17BrO2. The number of benzene rings is 1. The molecule has 1 atom stereocenters. The maximum atomic E-state index is 9.76. The number of aryl methyl sites for hydroxylation is 1. The average molecular weight is 309 g/mol. The van der Waals surface area contributed by atoms with Crippen molar-refractivity contribution in [3.05, 3.63) is 46.1 Å². The molecule has 0 fully saturated rings. The van der Waals surface area contributed by atoms with Gasteiger partial charge in [0.15, 0.2) is 0 Å². The number of hydrogen-bond acceptors (Lipinski definition) is 2. The molecular weight excluding hydrogens is 292 g/mol. The molecule has 1 aromatic carbocycles. The highest BCUT2D eigenvalue weighted by Gasteiger charge is 2.13. The Morgan fingerprint density at radius 2 is 2.00 bits per heavy atom. The van der Waals surface area contributed by atoms with Crippen LogP contribution in [0.25, 0.3) is 11.3 Å². The molecule has 0 spiro atoms. The van der Waals surface area contributed by atoms with E-state index in [0.29, 0.717) is 12.2 Å². The summed E-state index contributed by atoms with van der Waals surface area (Å²) in [6.45, 7) is 4.06. The summed E-state index contributed by atoms with van der Waals surface area (Å²) in [6.07, 6.45) is 1.09. The number of aliphatic hydroxyl groups is 1. The summed E-state index contributed by atoms with van der Waals surface area (Å²) < 4.78 is 6.81. The summed E-state index contributed by atoms with van der Waals surface area (Å²) >= 11 is 3.48. The Labute approximate surface area is 116 Å². The van der Waals surface area contributed by atoms with E-state index in [-0.39, 0.29) is 0 Å². The molecule has 0 aliphatic carbocycles. The third kappa shape index (κ3) is 2.68. The van der Waals surface area contributed by atoms with Gasteiger partial charge in [-0.25, -0.2) is 0 Å². The highest BCUT2D eigenvalue weighted by atomic mass is 79.9. The Kier molecular flexibility index (Phi) is 4.25. The number of halogens is 1. The van der Waals surface area contributed by atoms with Crippen LogP contribution in [0.5, 0.6) is 0 Å². The van der Waals surface area contributed by atoms with Crippen LogP contribution in [-0.4, -0.2) is 5.11 Å². The summed E-state index contributed by atoms with van der Waals surface area (Å²) in [5, 5.41) is 9.76. The quantitative estimate of drug-likeness (QED) is 0.887. The monoisotopic (exact) mass is 308 g/mol. The SMILES string of the molecule is CCc1cc(Br)ccc1-c1ccc(C(O)CC)o1. The van der Waals surface area contributed by atoms with Crippen molar-refractivity contribution in [3.8, 4) is 11.3 Å². The minimum absolute atomic E-state index is 0.515. The lowest BCUT2D eigenvalue weighted by atomic mass is 10.0. The first-order valence-corrected chi connectivity index (χ1v) is 7.01. The van der Waals surface area contributed by atoms with Gasteiger partial charge in [0.2, 0.25) is 0 Å². The Morgan fingerprint density at radius 1 is 1.22 bits per heavy atom. The van der Waals surface area contributed by atoms with Gasteiger partial charge >= 0.3 is 0 Å². The summed E-state index contributed by atoms with van der Waals surface area (Å²) in [6, 6.07) is 9.94. The van der Waals surface area contributed by atoms with Gasteiger partial charge < -0.3 is 9.52 Å². The molecule has 96 valence electrons. The van der Waals surface area contributed by atoms with Crippen LogP contribution in [0.15, 0.2) is 39.2 Å². The van der Waals surface area contributed by atoms with Crippen LogP contribution in [-0.2, 0) is 6.42 Å². The molecule has 3 heteroatoms. The van der Waals surface area contributed by atoms with Crippen molar-refractivity contribution in [1.82, 2.24) is 0 Å². The van der Waals surface area contributed by atoms with Crippen LogP contribution in [0, 0.1) is 0 Å². The van der Waals surface area contributed by atoms with Gasteiger partial charge in [0.1, 0.15) is 17.6 Å². The molecule has 0 saturated heterocycles. The van der Waals surface area contributed by atoms with Gasteiger partial charge in [-0.1, -0.05) is 29.8 Å². The Morgan fingerprint density at radius 3 is 2.67 bits per heavy atom. The zero-order valence-electron chi connectivity index (χ0n) is 10.6. The lowest BCUT2D eigenvalue weighted by Crippen LogP contribution is -1.91. The molecule has 1 unspecified atom stereocenters. The minimum atomic E-state index is -0.515. The van der Waals surface area contributed by atoms with Crippen molar-refractivity contribution in [2.24, 2.45) is 0 Å². The molecule has 2 aromatic rings. The molecule has 1 N–H and O–H groups in total. The number of hydrogen-bond donors (Lipinski definition) is 1. The van der Waals surface area contributed by atoms with E-state index in [1.165, 1.54) is 5.56 Å². The van der Waals surface area contributed by atoms with E-state index in [9.17, 15) is 5.11 Å². The second-order valence-corrected chi connectivity index (χ2v) is 5.20. The first kappa shape index (κ1) is 13.4. The van der Waals surface area contributed by atoms with Crippen molar-refractivity contribution in [3.63, 3.8) is 0 Å². The minimum Gasteiger partial charge on any atom is -0.458 e. The third-order valence-corrected chi connectivity index (χ3v) is 3.55. The summed E-state index contributed by atoms with van der Waals surface area (Å²) in [4.78, 5) is 0. The van der Waals surface area contributed by atoms with E-state index in [2.05, 4.69) is 28.9 Å². The third-order valence-electron chi connectivity index (χ3n) is 3.06. The predicted molar refractivity (Wildman–Crippen MR) is 76.5 cm³/mol. The van der Waals surface area contributed by atoms with Crippen molar-refractivity contribution in [2.45, 2.75) is 32.8 Å². The molecule has 1 heterocycles. The molecule has 1 aromatic heterocycles. The first-order valence-electron chi connectivity index (χ1n) is 6.22. The first-order chi connectivity index (χ1) is 8.65. The van der Waals surface area contributed by atoms with Crippen molar-refractivity contribution < 1.29 is 9.52 Å². The zero-order valence-corrected chi connectivity index (χ0v) is 12.2. The Balaban J connectivity index is 2.39. The zero-order chi connectivity index (χ0) is 13.1. The molecule has 0 radical (unpaired) electrons. The van der Waals surface area contributed by atoms with Crippen molar-refractivity contribution in [2.75, 3.05) is 0 Å². The van der Waals surface area contributed by atoms with E-state index in [1.807, 2.05) is 31.2 Å². The lowest BCUT2D eigenvalue weighted by Gasteiger charge is -2.07. The molecule has 0 aliphatic rings. The van der Waals surface area contributed by atoms with Crippen LogP contribution in [0.1, 0.15) is 37.7 Å². The highest BCUT2D eigenvalue weighted by Crippen LogP contribution is 2.30. The van der Waals surface area contributed by atoms with E-state index in [0.717, 1.165) is 22.2 Å². The van der Waals surface area contributed by atoms with Gasteiger partial charge in [-0.15, -0.1) is 0 Å². The van der Waals surface area contributed by atoms with Crippen molar-refractivity contribution in [1.29, 1.82) is 0 Å². The summed E-state index contributed by atoms with van der Waals surface area (Å²) in [5.41, 5.74) is 2.33. The molecule has 2 rings (SSSR count). The Hall–Kier alpha value is -1.06. The number of rotatable bonds is 4. The number of furan rings is 1. The van der Waals surface area contributed by atoms with E-state index < -0.39 is 6.10 Å². The smallest absolute Gasteiger partial charge is 0.134 e. The molecule has 0 bridgehead atoms. The van der Waals surface area contributed by atoms with Gasteiger partial charge in [0.05, 0.1) is 0 Å². The van der Waals surface area contributed by atoms with Crippen LogP contribution in [0.4, 0.5) is 0 Å². The van der Waals surface area contributed by atoms with Gasteiger partial charge in [-0.3, -0.25) is 0 Å². The second kappa shape index (κ2) is 5.72. The molecule has 18 heavy (non-hydrogen) atoms. The molecule has 0 saturated carbocycles. The van der Waals surface area contributed by atoms with E-state index in [4.69, 9.17) is 4.42 Å². The van der Waals surface area contributed by atoms with Crippen LogP contribution >= 0.6 is 15.9 Å². The van der Waals surface area contributed by atoms with Gasteiger partial charge in [0, 0.05) is 10.0 Å². The average Bonchev–Trinajstić information content (AvgIpc) is 2.87. The van der Waals surface area contributed by atoms with Crippen LogP contribution < -0.4 is 0 Å². The van der Waals surface area contributed by atoms with Crippen LogP contribution in [0.3, 0.4) is 0 Å². The standard InChI is InChI=1S/C15H17BrO2/c1-3-10-9-11(16)5-6-12(10)14-7-8-15(18-14)13(17)4-2/h5-9,13,17H,3-4H2,1-2H3. The summed E-state index contributed by atoms with van der Waals surface area (Å²) in [5.74, 6) is 1.46. The predicted octanol–water partition coefficient (Wildman–Crippen LogP) is 4.71. The maximum absolute atomic E-state index is 9.76. The lowest BCUT2D eigenvalue weighted by molar-refractivity contribution is 0.147. The number of aliphatic hydroxyl groups excluding tert-OH is 1. The molecule has 2 nitrogen and oxygen atoms in total. The fourth-order valence-corrected chi connectivity index (χ4v) is 2.38. The summed E-state index contributed by atoms with van der Waals surface area (Å²) in [7, 11) is 0. The Bertz CT molecular complexity index is 531. The van der Waals surface area contributed by atoms with E-state index in [1.54, 1.807) is 0 Å². The fourth-order valence-electron chi connectivity index (χ4n) is 1.97. The van der Waals surface area contributed by atoms with E-state index >= 15 is 0 Å². The second-order valence-electron chi connectivity index (χ2n) is 4.28. The largest absolute Gasteiger partial charge is 0.458 e. The maximum Gasteiger partial charge on any atom is 0.134 e. The molecule has 0 aliphatic heterocycles. The topological polar surface area (TPSA) is 33.4 Å². The van der Waals surface area contributed by atoms with Crippen molar-refractivity contribution >= 4 is 15.9 Å². The normalized spacial score (nSPS) is 12.7. The van der Waals surface area contributed by atoms with Gasteiger partial charge in [0.25, 0.3) is 0 Å². The highest BCUT2D eigenvalue weighted by molar-refractivity contribution is 9.10. The van der Waals surface area contributed by atoms with Gasteiger partial charge in [-0.2, -0.15) is 0 Å². The van der Waals surface area contributed by atoms with Gasteiger partial charge in [-0.05, 0) is 48.7 Å². The molecule has 0 amide bonds. The fraction of sp³-hybridized carbons (Fsp3) is 0.333.